The number of rotatable bonds is 7. The lowest BCUT2D eigenvalue weighted by Crippen LogP contribution is -2.36. The first-order valence-electron chi connectivity index (χ1n) is 9.69. The van der Waals surface area contributed by atoms with Crippen LogP contribution in [0.25, 0.3) is 0 Å². The largest absolute Gasteiger partial charge is 0.381 e. The van der Waals surface area contributed by atoms with Crippen molar-refractivity contribution in [2.24, 2.45) is 4.99 Å². The number of ether oxygens (including phenoxy) is 2. The van der Waals surface area contributed by atoms with Crippen LogP contribution in [0.4, 0.5) is 4.39 Å². The van der Waals surface area contributed by atoms with Gasteiger partial charge in [0.25, 0.3) is 0 Å². The zero-order valence-electron chi connectivity index (χ0n) is 16.3. The Morgan fingerprint density at radius 2 is 1.82 bits per heavy atom. The fourth-order valence-electron chi connectivity index (χ4n) is 3.11. The van der Waals surface area contributed by atoms with E-state index >= 15 is 0 Å². The predicted octanol–water partition coefficient (Wildman–Crippen LogP) is 3.39. The monoisotopic (exact) mass is 385 g/mol. The molecule has 0 aliphatic carbocycles. The molecule has 5 nitrogen and oxygen atoms in total. The summed E-state index contributed by atoms with van der Waals surface area (Å²) in [6, 6.07) is 15.0. The molecule has 0 unspecified atom stereocenters. The highest BCUT2D eigenvalue weighted by Gasteiger charge is 2.14. The Bertz CT molecular complexity index is 776. The van der Waals surface area contributed by atoms with Crippen LogP contribution < -0.4 is 10.6 Å². The van der Waals surface area contributed by atoms with E-state index in [2.05, 4.69) is 33.8 Å². The lowest BCUT2D eigenvalue weighted by molar-refractivity contribution is -0.0390. The third-order valence-electron chi connectivity index (χ3n) is 4.73. The Morgan fingerprint density at radius 3 is 2.61 bits per heavy atom. The number of benzene rings is 2. The van der Waals surface area contributed by atoms with Crippen molar-refractivity contribution in [1.82, 2.24) is 10.6 Å². The zero-order valence-corrected chi connectivity index (χ0v) is 16.3. The van der Waals surface area contributed by atoms with Gasteiger partial charge < -0.3 is 20.1 Å². The third-order valence-corrected chi connectivity index (χ3v) is 4.73. The zero-order chi connectivity index (χ0) is 19.6. The first-order valence-corrected chi connectivity index (χ1v) is 9.69. The summed E-state index contributed by atoms with van der Waals surface area (Å²) < 4.78 is 25.1. The van der Waals surface area contributed by atoms with Gasteiger partial charge in [0.15, 0.2) is 5.96 Å². The lowest BCUT2D eigenvalue weighted by atomic mass is 10.1. The van der Waals surface area contributed by atoms with E-state index in [0.29, 0.717) is 31.2 Å². The van der Waals surface area contributed by atoms with Crippen LogP contribution in [0.15, 0.2) is 53.5 Å². The van der Waals surface area contributed by atoms with Crippen LogP contribution in [0.3, 0.4) is 0 Å². The average Bonchev–Trinajstić information content (AvgIpc) is 2.74. The van der Waals surface area contributed by atoms with Gasteiger partial charge in [0.05, 0.1) is 12.7 Å². The Labute approximate surface area is 166 Å². The van der Waals surface area contributed by atoms with Crippen LogP contribution >= 0.6 is 0 Å². The second kappa shape index (κ2) is 10.8. The summed E-state index contributed by atoms with van der Waals surface area (Å²) in [5.74, 6) is 0.412. The molecule has 1 heterocycles. The molecule has 1 aliphatic heterocycles. The fourth-order valence-corrected chi connectivity index (χ4v) is 3.11. The first kappa shape index (κ1) is 20.3. The molecule has 2 N–H and O–H groups in total. The molecule has 3 rings (SSSR count). The Hall–Kier alpha value is -2.44. The maximum absolute atomic E-state index is 13.7. The van der Waals surface area contributed by atoms with E-state index in [9.17, 15) is 4.39 Å². The van der Waals surface area contributed by atoms with Crippen molar-refractivity contribution < 1.29 is 13.9 Å². The summed E-state index contributed by atoms with van der Waals surface area (Å²) in [6.45, 7) is 3.19. The Morgan fingerprint density at radius 1 is 1.07 bits per heavy atom. The summed E-state index contributed by atoms with van der Waals surface area (Å²) >= 11 is 0. The smallest absolute Gasteiger partial charge is 0.191 e. The van der Waals surface area contributed by atoms with Crippen molar-refractivity contribution in [2.45, 2.75) is 38.6 Å². The second-order valence-electron chi connectivity index (χ2n) is 6.81. The normalized spacial score (nSPS) is 15.4. The van der Waals surface area contributed by atoms with Gasteiger partial charge in [-0.05, 0) is 30.0 Å². The molecule has 6 heteroatoms. The van der Waals surface area contributed by atoms with Gasteiger partial charge in [-0.3, -0.25) is 4.99 Å². The number of nitrogens with zero attached hydrogens (tertiary/aromatic N) is 1. The van der Waals surface area contributed by atoms with Crippen molar-refractivity contribution in [3.8, 4) is 0 Å². The molecule has 0 atom stereocenters. The summed E-state index contributed by atoms with van der Waals surface area (Å²) in [5, 5.41) is 6.41. The fraction of sp³-hybridized carbons (Fsp3) is 0.409. The second-order valence-corrected chi connectivity index (χ2v) is 6.81. The van der Waals surface area contributed by atoms with Gasteiger partial charge in [0, 0.05) is 38.9 Å². The minimum Gasteiger partial charge on any atom is -0.381 e. The molecule has 0 amide bonds. The van der Waals surface area contributed by atoms with E-state index in [1.54, 1.807) is 19.2 Å². The van der Waals surface area contributed by atoms with E-state index in [4.69, 9.17) is 9.47 Å². The summed E-state index contributed by atoms with van der Waals surface area (Å²) in [7, 11) is 1.70. The summed E-state index contributed by atoms with van der Waals surface area (Å²) in [4.78, 5) is 4.20. The number of hydrogen-bond acceptors (Lipinski definition) is 3. The SMILES string of the molecule is CN=C(NCc1cccc(COC2CCOCC2)c1)NCc1ccccc1F. The van der Waals surface area contributed by atoms with E-state index in [-0.39, 0.29) is 11.9 Å². The van der Waals surface area contributed by atoms with Gasteiger partial charge in [-0.1, -0.05) is 42.5 Å². The Balaban J connectivity index is 1.46. The molecule has 150 valence electrons. The molecule has 0 aromatic heterocycles. The highest BCUT2D eigenvalue weighted by molar-refractivity contribution is 5.79. The number of aliphatic imine (C=N–C) groups is 1. The minimum atomic E-state index is -0.220. The van der Waals surface area contributed by atoms with E-state index in [1.165, 1.54) is 6.07 Å². The molecule has 1 saturated heterocycles. The summed E-state index contributed by atoms with van der Waals surface area (Å²) in [6.07, 6.45) is 2.22. The van der Waals surface area contributed by atoms with Gasteiger partial charge in [-0.2, -0.15) is 0 Å². The summed E-state index contributed by atoms with van der Waals surface area (Å²) in [5.41, 5.74) is 2.90. The quantitative estimate of drug-likeness (QED) is 0.567. The van der Waals surface area contributed by atoms with Gasteiger partial charge in [0.1, 0.15) is 5.82 Å². The van der Waals surface area contributed by atoms with Crippen LogP contribution in [-0.4, -0.2) is 32.3 Å². The number of guanidine groups is 1. The molecule has 0 saturated carbocycles. The van der Waals surface area contributed by atoms with Gasteiger partial charge in [-0.25, -0.2) is 4.39 Å². The predicted molar refractivity (Wildman–Crippen MR) is 109 cm³/mol. The van der Waals surface area contributed by atoms with E-state index < -0.39 is 0 Å². The van der Waals surface area contributed by atoms with Crippen molar-refractivity contribution in [2.75, 3.05) is 20.3 Å². The molecule has 2 aromatic rings. The maximum Gasteiger partial charge on any atom is 0.191 e. The molecule has 0 radical (unpaired) electrons. The molecule has 28 heavy (non-hydrogen) atoms. The molecule has 1 aliphatic rings. The van der Waals surface area contributed by atoms with Gasteiger partial charge in [0.2, 0.25) is 0 Å². The van der Waals surface area contributed by atoms with Crippen molar-refractivity contribution in [3.63, 3.8) is 0 Å². The van der Waals surface area contributed by atoms with Crippen LogP contribution in [0.1, 0.15) is 29.5 Å². The minimum absolute atomic E-state index is 0.220. The highest BCUT2D eigenvalue weighted by Crippen LogP contribution is 2.14. The Kier molecular flexibility index (Phi) is 7.82. The molecule has 0 spiro atoms. The molecule has 0 bridgehead atoms. The van der Waals surface area contributed by atoms with Crippen LogP contribution in [0, 0.1) is 5.82 Å². The van der Waals surface area contributed by atoms with Crippen molar-refractivity contribution in [1.29, 1.82) is 0 Å². The van der Waals surface area contributed by atoms with Crippen molar-refractivity contribution in [3.05, 3.63) is 71.0 Å². The molecule has 2 aromatic carbocycles. The number of hydrogen-bond donors (Lipinski definition) is 2. The maximum atomic E-state index is 13.7. The van der Waals surface area contributed by atoms with E-state index in [1.807, 2.05) is 12.1 Å². The molecular formula is C22H28FN3O2. The van der Waals surface area contributed by atoms with Crippen LogP contribution in [-0.2, 0) is 29.2 Å². The van der Waals surface area contributed by atoms with Gasteiger partial charge >= 0.3 is 0 Å². The average molecular weight is 385 g/mol. The van der Waals surface area contributed by atoms with E-state index in [0.717, 1.165) is 37.2 Å². The van der Waals surface area contributed by atoms with Gasteiger partial charge in [-0.15, -0.1) is 0 Å². The first-order chi connectivity index (χ1) is 13.7. The van der Waals surface area contributed by atoms with Crippen LogP contribution in [0.2, 0.25) is 0 Å². The topological polar surface area (TPSA) is 54.9 Å². The lowest BCUT2D eigenvalue weighted by Gasteiger charge is -2.22. The highest BCUT2D eigenvalue weighted by atomic mass is 19.1. The standard InChI is InChI=1S/C22H28FN3O2/c1-24-22(26-15-19-7-2-3-8-21(19)23)25-14-17-5-4-6-18(13-17)16-28-20-9-11-27-12-10-20/h2-8,13,20H,9-12,14-16H2,1H3,(H2,24,25,26). The molecule has 1 fully saturated rings. The van der Waals surface area contributed by atoms with Crippen LogP contribution in [0.5, 0.6) is 0 Å². The molecular weight excluding hydrogens is 357 g/mol. The number of halogens is 1. The third kappa shape index (κ3) is 6.32. The number of nitrogens with one attached hydrogen (secondary N) is 2. The van der Waals surface area contributed by atoms with Crippen molar-refractivity contribution >= 4 is 5.96 Å².